The van der Waals surface area contributed by atoms with Gasteiger partial charge in [0.15, 0.2) is 0 Å². The van der Waals surface area contributed by atoms with Gasteiger partial charge in [0, 0.05) is 12.1 Å². The van der Waals surface area contributed by atoms with Gasteiger partial charge < -0.3 is 16.6 Å². The normalized spacial score (nSPS) is 14.0. The second-order valence-electron chi connectivity index (χ2n) is 4.10. The minimum Gasteiger partial charge on any atom is -0.395 e. The minimum absolute atomic E-state index is 0. The van der Waals surface area contributed by atoms with Crippen molar-refractivity contribution in [1.29, 1.82) is 0 Å². The van der Waals surface area contributed by atoms with E-state index >= 15 is 0 Å². The van der Waals surface area contributed by atoms with E-state index in [1.807, 2.05) is 25.1 Å². The summed E-state index contributed by atoms with van der Waals surface area (Å²) in [7, 11) is 0. The van der Waals surface area contributed by atoms with Crippen LogP contribution in [0.3, 0.4) is 0 Å². The SMILES string of the molecule is CC(N)Cc1ccccc1CC(N)CO.Cl. The van der Waals surface area contributed by atoms with Crippen molar-refractivity contribution in [2.75, 3.05) is 6.61 Å². The molecule has 0 amide bonds. The average Bonchev–Trinajstić information content (AvgIpc) is 2.20. The summed E-state index contributed by atoms with van der Waals surface area (Å²) in [5, 5.41) is 8.92. The highest BCUT2D eigenvalue weighted by Crippen LogP contribution is 2.12. The van der Waals surface area contributed by atoms with Crippen LogP contribution < -0.4 is 11.5 Å². The van der Waals surface area contributed by atoms with Gasteiger partial charge in [-0.3, -0.25) is 0 Å². The number of halogens is 1. The number of rotatable bonds is 5. The molecule has 0 radical (unpaired) electrons. The van der Waals surface area contributed by atoms with Crippen molar-refractivity contribution >= 4 is 12.4 Å². The Morgan fingerprint density at radius 2 is 1.62 bits per heavy atom. The monoisotopic (exact) mass is 244 g/mol. The lowest BCUT2D eigenvalue weighted by molar-refractivity contribution is 0.265. The fourth-order valence-electron chi connectivity index (χ4n) is 1.65. The summed E-state index contributed by atoms with van der Waals surface area (Å²) in [5.74, 6) is 0. The van der Waals surface area contributed by atoms with E-state index in [-0.39, 0.29) is 31.1 Å². The van der Waals surface area contributed by atoms with Crippen molar-refractivity contribution in [3.8, 4) is 0 Å². The van der Waals surface area contributed by atoms with Gasteiger partial charge in [-0.1, -0.05) is 24.3 Å². The molecule has 0 heterocycles. The molecule has 4 heteroatoms. The molecule has 1 aromatic rings. The molecular formula is C12H21ClN2O. The van der Waals surface area contributed by atoms with Crippen LogP contribution in [0.15, 0.2) is 24.3 Å². The highest BCUT2D eigenvalue weighted by Gasteiger charge is 2.07. The molecule has 0 aliphatic heterocycles. The molecule has 0 aromatic heterocycles. The molecule has 2 unspecified atom stereocenters. The maximum absolute atomic E-state index is 8.92. The lowest BCUT2D eigenvalue weighted by Gasteiger charge is -2.14. The molecule has 0 spiro atoms. The molecule has 3 nitrogen and oxygen atoms in total. The first-order valence-corrected chi connectivity index (χ1v) is 5.32. The summed E-state index contributed by atoms with van der Waals surface area (Å²) in [6.45, 7) is 2.01. The summed E-state index contributed by atoms with van der Waals surface area (Å²) in [6, 6.07) is 8.09. The summed E-state index contributed by atoms with van der Waals surface area (Å²) < 4.78 is 0. The average molecular weight is 245 g/mol. The Labute approximate surface area is 103 Å². The van der Waals surface area contributed by atoms with Crippen LogP contribution in [0.5, 0.6) is 0 Å². The zero-order valence-electron chi connectivity index (χ0n) is 9.60. The van der Waals surface area contributed by atoms with Crippen molar-refractivity contribution in [2.24, 2.45) is 11.5 Å². The minimum atomic E-state index is -0.181. The molecule has 0 fully saturated rings. The Bertz CT molecular complexity index is 305. The van der Waals surface area contributed by atoms with Gasteiger partial charge in [0.1, 0.15) is 0 Å². The third-order valence-corrected chi connectivity index (χ3v) is 2.38. The van der Waals surface area contributed by atoms with E-state index in [2.05, 4.69) is 6.07 Å². The van der Waals surface area contributed by atoms with E-state index in [1.54, 1.807) is 0 Å². The fourth-order valence-corrected chi connectivity index (χ4v) is 1.65. The van der Waals surface area contributed by atoms with Crippen LogP contribution in [0, 0.1) is 0 Å². The van der Waals surface area contributed by atoms with E-state index in [4.69, 9.17) is 16.6 Å². The van der Waals surface area contributed by atoms with Crippen LogP contribution in [-0.4, -0.2) is 23.8 Å². The van der Waals surface area contributed by atoms with Crippen molar-refractivity contribution < 1.29 is 5.11 Å². The topological polar surface area (TPSA) is 72.3 Å². The van der Waals surface area contributed by atoms with E-state index in [1.165, 1.54) is 11.1 Å². The highest BCUT2D eigenvalue weighted by molar-refractivity contribution is 5.85. The number of hydrogen-bond donors (Lipinski definition) is 3. The quantitative estimate of drug-likeness (QED) is 0.720. The van der Waals surface area contributed by atoms with Gasteiger partial charge in [-0.25, -0.2) is 0 Å². The summed E-state index contributed by atoms with van der Waals surface area (Å²) >= 11 is 0. The van der Waals surface area contributed by atoms with Gasteiger partial charge in [0.25, 0.3) is 0 Å². The predicted octanol–water partition coefficient (Wildman–Crippen LogP) is 0.860. The standard InChI is InChI=1S/C12H20N2O.ClH/c1-9(13)6-10-4-2-3-5-11(10)7-12(14)8-15;/h2-5,9,12,15H,6-8,13-14H2,1H3;1H. The van der Waals surface area contributed by atoms with Crippen LogP contribution in [-0.2, 0) is 12.8 Å². The van der Waals surface area contributed by atoms with E-state index in [0.717, 1.165) is 6.42 Å². The van der Waals surface area contributed by atoms with E-state index < -0.39 is 0 Å². The molecule has 0 aliphatic rings. The van der Waals surface area contributed by atoms with E-state index in [9.17, 15) is 0 Å². The molecule has 1 rings (SSSR count). The maximum atomic E-state index is 8.92. The third-order valence-electron chi connectivity index (χ3n) is 2.38. The van der Waals surface area contributed by atoms with Gasteiger partial charge in [-0.05, 0) is 30.9 Å². The molecule has 2 atom stereocenters. The lowest BCUT2D eigenvalue weighted by Crippen LogP contribution is -2.28. The molecule has 16 heavy (non-hydrogen) atoms. The summed E-state index contributed by atoms with van der Waals surface area (Å²) in [4.78, 5) is 0. The first kappa shape index (κ1) is 15.4. The number of aliphatic hydroxyl groups excluding tert-OH is 1. The van der Waals surface area contributed by atoms with Crippen LogP contribution in [0.25, 0.3) is 0 Å². The number of hydrogen-bond acceptors (Lipinski definition) is 3. The Balaban J connectivity index is 0.00000225. The maximum Gasteiger partial charge on any atom is 0.0585 e. The molecule has 0 saturated carbocycles. The van der Waals surface area contributed by atoms with Gasteiger partial charge in [0.2, 0.25) is 0 Å². The van der Waals surface area contributed by atoms with Crippen molar-refractivity contribution in [3.63, 3.8) is 0 Å². The highest BCUT2D eigenvalue weighted by atomic mass is 35.5. The Morgan fingerprint density at radius 3 is 2.06 bits per heavy atom. The van der Waals surface area contributed by atoms with Gasteiger partial charge in [-0.15, -0.1) is 12.4 Å². The lowest BCUT2D eigenvalue weighted by atomic mass is 9.97. The number of aliphatic hydroxyl groups is 1. The predicted molar refractivity (Wildman–Crippen MR) is 69.8 cm³/mol. The second kappa shape index (κ2) is 7.63. The molecule has 0 saturated heterocycles. The van der Waals surface area contributed by atoms with Crippen LogP contribution in [0.2, 0.25) is 0 Å². The van der Waals surface area contributed by atoms with Crippen LogP contribution in [0.4, 0.5) is 0 Å². The molecular weight excluding hydrogens is 224 g/mol. The van der Waals surface area contributed by atoms with Gasteiger partial charge >= 0.3 is 0 Å². The Morgan fingerprint density at radius 1 is 1.12 bits per heavy atom. The van der Waals surface area contributed by atoms with Crippen molar-refractivity contribution in [2.45, 2.75) is 31.8 Å². The van der Waals surface area contributed by atoms with Crippen molar-refractivity contribution in [3.05, 3.63) is 35.4 Å². The van der Waals surface area contributed by atoms with Crippen LogP contribution in [0.1, 0.15) is 18.1 Å². The largest absolute Gasteiger partial charge is 0.395 e. The van der Waals surface area contributed by atoms with Gasteiger partial charge in [0.05, 0.1) is 6.61 Å². The Kier molecular flexibility index (Phi) is 7.34. The van der Waals surface area contributed by atoms with Gasteiger partial charge in [-0.2, -0.15) is 0 Å². The van der Waals surface area contributed by atoms with Crippen molar-refractivity contribution in [1.82, 2.24) is 0 Å². The second-order valence-corrected chi connectivity index (χ2v) is 4.10. The molecule has 5 N–H and O–H groups in total. The first-order valence-electron chi connectivity index (χ1n) is 5.32. The smallest absolute Gasteiger partial charge is 0.0585 e. The number of nitrogens with two attached hydrogens (primary N) is 2. The third kappa shape index (κ3) is 4.94. The molecule has 1 aromatic carbocycles. The molecule has 92 valence electrons. The fraction of sp³-hybridized carbons (Fsp3) is 0.500. The molecule has 0 aliphatic carbocycles. The molecule has 0 bridgehead atoms. The zero-order valence-corrected chi connectivity index (χ0v) is 10.4. The zero-order chi connectivity index (χ0) is 11.3. The summed E-state index contributed by atoms with van der Waals surface area (Å²) in [6.07, 6.45) is 1.56. The Hall–Kier alpha value is -0.610. The first-order chi connectivity index (χ1) is 7.13. The summed E-state index contributed by atoms with van der Waals surface area (Å²) in [5.41, 5.74) is 13.9. The van der Waals surface area contributed by atoms with Crippen LogP contribution >= 0.6 is 12.4 Å². The number of benzene rings is 1. The van der Waals surface area contributed by atoms with E-state index in [0.29, 0.717) is 6.42 Å².